The van der Waals surface area contributed by atoms with Gasteiger partial charge in [0.2, 0.25) is 0 Å². The van der Waals surface area contributed by atoms with E-state index in [-0.39, 0.29) is 0 Å². The van der Waals surface area contributed by atoms with Crippen LogP contribution in [0.25, 0.3) is 0 Å². The molecule has 0 aromatic heterocycles. The Hall–Kier alpha value is -2.66. The van der Waals surface area contributed by atoms with Crippen LogP contribution < -0.4 is 10.1 Å². The molecule has 176 valence electrons. The first-order valence-corrected chi connectivity index (χ1v) is 12.6. The number of nitrogens with one attached hydrogen (secondary N) is 1. The van der Waals surface area contributed by atoms with Crippen molar-refractivity contribution in [3.05, 3.63) is 102 Å². The highest BCUT2D eigenvalue weighted by atomic mass is 16.5. The summed E-state index contributed by atoms with van der Waals surface area (Å²) in [5.41, 5.74) is 4.01. The Bertz CT molecular complexity index is 1050. The van der Waals surface area contributed by atoms with Gasteiger partial charge in [0.05, 0.1) is 20.3 Å². The highest BCUT2D eigenvalue weighted by Gasteiger charge is 2.55. The average Bonchev–Trinajstić information content (AvgIpc) is 3.02. The number of hydrogen-bond donors (Lipinski definition) is 1. The number of morpholine rings is 1. The Morgan fingerprint density at radius 1 is 0.882 bits per heavy atom. The smallest absolute Gasteiger partial charge is 0.123 e. The highest BCUT2D eigenvalue weighted by molar-refractivity contribution is 5.37. The molecule has 0 amide bonds. The third kappa shape index (κ3) is 3.94. The Kier molecular flexibility index (Phi) is 6.13. The lowest BCUT2D eigenvalue weighted by molar-refractivity contribution is -0.0696. The summed E-state index contributed by atoms with van der Waals surface area (Å²) in [6, 6.07) is 32.4. The van der Waals surface area contributed by atoms with Gasteiger partial charge < -0.3 is 14.8 Å². The van der Waals surface area contributed by atoms with Crippen molar-refractivity contribution in [2.45, 2.75) is 49.5 Å². The van der Waals surface area contributed by atoms with E-state index in [0.717, 1.165) is 25.5 Å². The lowest BCUT2D eigenvalue weighted by Gasteiger charge is -2.51. The van der Waals surface area contributed by atoms with Crippen LogP contribution in [0.1, 0.15) is 35.4 Å². The number of nitrogens with zero attached hydrogens (tertiary/aromatic N) is 1. The highest BCUT2D eigenvalue weighted by Crippen LogP contribution is 2.48. The topological polar surface area (TPSA) is 33.7 Å². The van der Waals surface area contributed by atoms with E-state index in [9.17, 15) is 0 Å². The second kappa shape index (κ2) is 9.53. The molecule has 4 bridgehead atoms. The summed E-state index contributed by atoms with van der Waals surface area (Å²) in [6.45, 7) is 2.54. The van der Waals surface area contributed by atoms with Crippen molar-refractivity contribution in [2.75, 3.05) is 20.3 Å². The van der Waals surface area contributed by atoms with Crippen LogP contribution in [-0.2, 0) is 11.3 Å². The molecule has 1 N–H and O–H groups in total. The van der Waals surface area contributed by atoms with Crippen LogP contribution in [-0.4, -0.2) is 49.4 Å². The van der Waals surface area contributed by atoms with Crippen LogP contribution in [0.5, 0.6) is 5.75 Å². The number of para-hydroxylation sites is 1. The molecule has 6 atom stereocenters. The molecule has 3 aromatic carbocycles. The summed E-state index contributed by atoms with van der Waals surface area (Å²) in [6.07, 6.45) is 2.45. The SMILES string of the molecule is COc1ccccc1CNC1C[C@@H]2C[C@H]3COCC2N3C1C(c1ccccc1)c1ccccc1. The van der Waals surface area contributed by atoms with Crippen LogP contribution in [0.15, 0.2) is 84.9 Å². The maximum atomic E-state index is 6.05. The van der Waals surface area contributed by atoms with Crippen LogP contribution in [0.2, 0.25) is 0 Å². The minimum atomic E-state index is 0.305. The maximum absolute atomic E-state index is 6.05. The number of benzene rings is 3. The first-order valence-electron chi connectivity index (χ1n) is 12.6. The van der Waals surface area contributed by atoms with E-state index in [1.807, 2.05) is 6.07 Å². The van der Waals surface area contributed by atoms with Crippen molar-refractivity contribution >= 4 is 0 Å². The molecule has 3 aliphatic heterocycles. The van der Waals surface area contributed by atoms with Gasteiger partial charge in [-0.25, -0.2) is 0 Å². The molecule has 0 radical (unpaired) electrons. The van der Waals surface area contributed by atoms with Gasteiger partial charge >= 0.3 is 0 Å². The largest absolute Gasteiger partial charge is 0.496 e. The zero-order valence-corrected chi connectivity index (χ0v) is 19.8. The van der Waals surface area contributed by atoms with Crippen molar-refractivity contribution in [1.82, 2.24) is 10.2 Å². The van der Waals surface area contributed by atoms with Crippen LogP contribution in [0.3, 0.4) is 0 Å². The lowest BCUT2D eigenvalue weighted by Crippen LogP contribution is -2.64. The first kappa shape index (κ1) is 21.8. The van der Waals surface area contributed by atoms with Gasteiger partial charge in [-0.1, -0.05) is 78.9 Å². The summed E-state index contributed by atoms with van der Waals surface area (Å²) < 4.78 is 11.7. The van der Waals surface area contributed by atoms with E-state index in [0.29, 0.717) is 36.0 Å². The number of methoxy groups -OCH3 is 1. The molecule has 0 aliphatic carbocycles. The van der Waals surface area contributed by atoms with E-state index in [4.69, 9.17) is 9.47 Å². The molecular weight excluding hydrogens is 420 g/mol. The van der Waals surface area contributed by atoms with Crippen molar-refractivity contribution in [3.8, 4) is 5.75 Å². The monoisotopic (exact) mass is 454 g/mol. The normalized spacial score (nSPS) is 29.8. The van der Waals surface area contributed by atoms with E-state index < -0.39 is 0 Å². The van der Waals surface area contributed by atoms with E-state index >= 15 is 0 Å². The summed E-state index contributed by atoms with van der Waals surface area (Å²) in [7, 11) is 1.76. The molecule has 4 unspecified atom stereocenters. The summed E-state index contributed by atoms with van der Waals surface area (Å²) in [4.78, 5) is 2.85. The molecule has 3 aromatic rings. The van der Waals surface area contributed by atoms with Crippen molar-refractivity contribution in [2.24, 2.45) is 5.92 Å². The number of ether oxygens (including phenoxy) is 2. The Morgan fingerprint density at radius 2 is 1.56 bits per heavy atom. The molecule has 0 spiro atoms. The fraction of sp³-hybridized carbons (Fsp3) is 0.400. The Balaban J connectivity index is 1.39. The molecule has 3 heterocycles. The number of rotatable bonds is 7. The Morgan fingerprint density at radius 3 is 2.26 bits per heavy atom. The Labute approximate surface area is 202 Å². The zero-order chi connectivity index (χ0) is 22.9. The second-order valence-corrected chi connectivity index (χ2v) is 10.0. The molecular formula is C30H34N2O2. The quantitative estimate of drug-likeness (QED) is 0.554. The van der Waals surface area contributed by atoms with Gasteiger partial charge in [-0.3, -0.25) is 4.90 Å². The molecule has 3 saturated heterocycles. The molecule has 0 saturated carbocycles. The fourth-order valence-electron chi connectivity index (χ4n) is 6.84. The van der Waals surface area contributed by atoms with Gasteiger partial charge in [-0.2, -0.15) is 0 Å². The number of hydrogen-bond acceptors (Lipinski definition) is 4. The fourth-order valence-corrected chi connectivity index (χ4v) is 6.84. The minimum absolute atomic E-state index is 0.305. The van der Waals surface area contributed by atoms with E-state index in [1.165, 1.54) is 29.5 Å². The van der Waals surface area contributed by atoms with Gasteiger partial charge in [0.25, 0.3) is 0 Å². The van der Waals surface area contributed by atoms with Crippen LogP contribution in [0.4, 0.5) is 0 Å². The average molecular weight is 455 g/mol. The van der Waals surface area contributed by atoms with E-state index in [2.05, 4.69) is 89.1 Å². The zero-order valence-electron chi connectivity index (χ0n) is 19.8. The molecule has 4 nitrogen and oxygen atoms in total. The number of piperidine rings is 1. The molecule has 3 aliphatic rings. The first-order chi connectivity index (χ1) is 16.8. The van der Waals surface area contributed by atoms with Crippen LogP contribution in [0, 0.1) is 5.92 Å². The standard InChI is InChI=1S/C30H34N2O2/c1-33-28-15-9-8-14-23(28)18-31-26-17-24-16-25-19-34-20-27(24)32(25)30(26)29(21-10-4-2-5-11-21)22-12-6-3-7-13-22/h2-15,24-27,29-31H,16-20H2,1H3/t24-,25-,26?,27?,30?/m0/s1. The summed E-state index contributed by atoms with van der Waals surface area (Å²) >= 11 is 0. The predicted octanol–water partition coefficient (Wildman–Crippen LogP) is 4.85. The van der Waals surface area contributed by atoms with Crippen LogP contribution >= 0.6 is 0 Å². The van der Waals surface area contributed by atoms with Crippen molar-refractivity contribution in [1.29, 1.82) is 0 Å². The third-order valence-corrected chi connectivity index (χ3v) is 8.24. The molecule has 34 heavy (non-hydrogen) atoms. The van der Waals surface area contributed by atoms with Gasteiger partial charge in [0.15, 0.2) is 0 Å². The van der Waals surface area contributed by atoms with E-state index in [1.54, 1.807) is 7.11 Å². The van der Waals surface area contributed by atoms with Gasteiger partial charge in [0.1, 0.15) is 5.75 Å². The lowest BCUT2D eigenvalue weighted by atomic mass is 9.75. The molecule has 6 rings (SSSR count). The second-order valence-electron chi connectivity index (χ2n) is 10.0. The summed E-state index contributed by atoms with van der Waals surface area (Å²) in [5, 5.41) is 4.01. The minimum Gasteiger partial charge on any atom is -0.496 e. The van der Waals surface area contributed by atoms with Gasteiger partial charge in [-0.05, 0) is 36.0 Å². The summed E-state index contributed by atoms with van der Waals surface area (Å²) in [5.74, 6) is 1.96. The third-order valence-electron chi connectivity index (χ3n) is 8.24. The van der Waals surface area contributed by atoms with Crippen molar-refractivity contribution in [3.63, 3.8) is 0 Å². The van der Waals surface area contributed by atoms with Gasteiger partial charge in [-0.15, -0.1) is 0 Å². The molecule has 3 fully saturated rings. The maximum Gasteiger partial charge on any atom is 0.123 e. The van der Waals surface area contributed by atoms with Gasteiger partial charge in [0, 0.05) is 42.2 Å². The molecule has 4 heteroatoms. The predicted molar refractivity (Wildman–Crippen MR) is 135 cm³/mol. The van der Waals surface area contributed by atoms with Crippen molar-refractivity contribution < 1.29 is 9.47 Å².